The Hall–Kier alpha value is -0.980. The van der Waals surface area contributed by atoms with Gasteiger partial charge in [-0.15, -0.1) is 10.2 Å². The third kappa shape index (κ3) is 3.19. The summed E-state index contributed by atoms with van der Waals surface area (Å²) in [6.07, 6.45) is 3.58. The highest BCUT2D eigenvalue weighted by atomic mass is 16.5. The minimum absolute atomic E-state index is 0.111. The molecule has 1 saturated heterocycles. The molecule has 1 N–H and O–H groups in total. The van der Waals surface area contributed by atoms with Crippen LogP contribution in [0.1, 0.15) is 38.3 Å². The van der Waals surface area contributed by atoms with Crippen molar-refractivity contribution in [3.05, 3.63) is 11.6 Å². The maximum Gasteiger partial charge on any atom is 0.159 e. The zero-order valence-corrected chi connectivity index (χ0v) is 12.4. The van der Waals surface area contributed by atoms with Gasteiger partial charge in [0.05, 0.1) is 18.3 Å². The minimum Gasteiger partial charge on any atom is -0.371 e. The Morgan fingerprint density at radius 1 is 1.40 bits per heavy atom. The summed E-state index contributed by atoms with van der Waals surface area (Å²) in [6, 6.07) is 0. The predicted octanol–water partition coefficient (Wildman–Crippen LogP) is 0.898. The second kappa shape index (κ2) is 5.79. The maximum absolute atomic E-state index is 5.98. The van der Waals surface area contributed by atoms with Crippen molar-refractivity contribution in [3.8, 4) is 0 Å². The van der Waals surface area contributed by atoms with Crippen molar-refractivity contribution in [3.63, 3.8) is 0 Å². The fraction of sp³-hybridized carbons (Fsp3) is 0.857. The Balaban J connectivity index is 1.49. The van der Waals surface area contributed by atoms with E-state index in [-0.39, 0.29) is 11.7 Å². The summed E-state index contributed by atoms with van der Waals surface area (Å²) in [5.74, 6) is 2.05. The van der Waals surface area contributed by atoms with Crippen molar-refractivity contribution in [1.82, 2.24) is 20.1 Å². The van der Waals surface area contributed by atoms with E-state index in [0.717, 1.165) is 37.7 Å². The highest BCUT2D eigenvalue weighted by molar-refractivity contribution is 4.97. The zero-order valence-electron chi connectivity index (χ0n) is 12.4. The standard InChI is InChI=1S/C14H24N4O2/c1-14(2)10-15-7-11(20-14)8-19-9-13-17-16-12-5-3-4-6-18(12)13/h11,15H,3-10H2,1-2H3. The van der Waals surface area contributed by atoms with Gasteiger partial charge in [0, 0.05) is 26.1 Å². The number of hydrogen-bond acceptors (Lipinski definition) is 5. The molecule has 1 aromatic heterocycles. The summed E-state index contributed by atoms with van der Waals surface area (Å²) < 4.78 is 14.0. The molecule has 6 heteroatoms. The summed E-state index contributed by atoms with van der Waals surface area (Å²) >= 11 is 0. The molecule has 3 rings (SSSR count). The van der Waals surface area contributed by atoms with E-state index in [0.29, 0.717) is 13.2 Å². The number of rotatable bonds is 4. The summed E-state index contributed by atoms with van der Waals surface area (Å²) in [7, 11) is 0. The van der Waals surface area contributed by atoms with E-state index in [9.17, 15) is 0 Å². The van der Waals surface area contributed by atoms with Crippen LogP contribution in [0.25, 0.3) is 0 Å². The van der Waals surface area contributed by atoms with Gasteiger partial charge >= 0.3 is 0 Å². The van der Waals surface area contributed by atoms with E-state index in [4.69, 9.17) is 9.47 Å². The molecule has 0 amide bonds. The molecule has 1 aromatic rings. The van der Waals surface area contributed by atoms with Crippen molar-refractivity contribution in [2.75, 3.05) is 19.7 Å². The number of hydrogen-bond donors (Lipinski definition) is 1. The number of aryl methyl sites for hydroxylation is 1. The summed E-state index contributed by atoms with van der Waals surface area (Å²) in [6.45, 7) is 8.08. The van der Waals surface area contributed by atoms with Gasteiger partial charge in [-0.25, -0.2) is 0 Å². The number of ether oxygens (including phenoxy) is 2. The third-order valence-corrected chi connectivity index (χ3v) is 3.88. The van der Waals surface area contributed by atoms with E-state index in [1.165, 1.54) is 12.8 Å². The van der Waals surface area contributed by atoms with Gasteiger partial charge in [-0.3, -0.25) is 0 Å². The minimum atomic E-state index is -0.111. The second-order valence-corrected chi connectivity index (χ2v) is 6.29. The van der Waals surface area contributed by atoms with Crippen LogP contribution in [-0.2, 0) is 29.0 Å². The molecule has 0 spiro atoms. The van der Waals surface area contributed by atoms with Crippen LogP contribution < -0.4 is 5.32 Å². The van der Waals surface area contributed by atoms with E-state index in [1.54, 1.807) is 0 Å². The molecule has 6 nitrogen and oxygen atoms in total. The fourth-order valence-corrected chi connectivity index (χ4v) is 2.92. The lowest BCUT2D eigenvalue weighted by molar-refractivity contribution is -0.122. The van der Waals surface area contributed by atoms with Gasteiger partial charge in [-0.1, -0.05) is 0 Å². The molecule has 0 aliphatic carbocycles. The van der Waals surface area contributed by atoms with Crippen LogP contribution >= 0.6 is 0 Å². The summed E-state index contributed by atoms with van der Waals surface area (Å²) in [5.41, 5.74) is -0.111. The molecule has 20 heavy (non-hydrogen) atoms. The van der Waals surface area contributed by atoms with Gasteiger partial charge in [-0.05, 0) is 26.7 Å². The first-order chi connectivity index (χ1) is 9.64. The Labute approximate surface area is 119 Å². The lowest BCUT2D eigenvalue weighted by Gasteiger charge is -2.36. The monoisotopic (exact) mass is 280 g/mol. The van der Waals surface area contributed by atoms with Crippen LogP contribution in [0.2, 0.25) is 0 Å². The van der Waals surface area contributed by atoms with Crippen LogP contribution in [0.15, 0.2) is 0 Å². The highest BCUT2D eigenvalue weighted by Gasteiger charge is 2.28. The smallest absolute Gasteiger partial charge is 0.159 e. The van der Waals surface area contributed by atoms with Crippen LogP contribution in [0.5, 0.6) is 0 Å². The molecule has 2 aliphatic heterocycles. The fourth-order valence-electron chi connectivity index (χ4n) is 2.92. The first-order valence-electron chi connectivity index (χ1n) is 7.51. The summed E-state index contributed by atoms with van der Waals surface area (Å²) in [4.78, 5) is 0. The average Bonchev–Trinajstić information content (AvgIpc) is 2.81. The van der Waals surface area contributed by atoms with Crippen molar-refractivity contribution in [1.29, 1.82) is 0 Å². The third-order valence-electron chi connectivity index (χ3n) is 3.88. The largest absolute Gasteiger partial charge is 0.371 e. The number of fused-ring (bicyclic) bond motifs is 1. The Morgan fingerprint density at radius 3 is 3.15 bits per heavy atom. The molecule has 0 saturated carbocycles. The lowest BCUT2D eigenvalue weighted by atomic mass is 10.1. The average molecular weight is 280 g/mol. The van der Waals surface area contributed by atoms with Crippen LogP contribution in [0, 0.1) is 0 Å². The van der Waals surface area contributed by atoms with Gasteiger partial charge in [0.1, 0.15) is 12.4 Å². The zero-order chi connectivity index (χ0) is 14.0. The van der Waals surface area contributed by atoms with Crippen LogP contribution in [0.4, 0.5) is 0 Å². The molecule has 0 radical (unpaired) electrons. The van der Waals surface area contributed by atoms with Crippen molar-refractivity contribution < 1.29 is 9.47 Å². The first-order valence-corrected chi connectivity index (χ1v) is 7.51. The van der Waals surface area contributed by atoms with Gasteiger partial charge < -0.3 is 19.4 Å². The van der Waals surface area contributed by atoms with E-state index in [1.807, 2.05) is 0 Å². The number of aromatic nitrogens is 3. The topological polar surface area (TPSA) is 61.2 Å². The Kier molecular flexibility index (Phi) is 4.05. The highest BCUT2D eigenvalue weighted by Crippen LogP contribution is 2.17. The number of nitrogens with one attached hydrogen (secondary N) is 1. The van der Waals surface area contributed by atoms with E-state index in [2.05, 4.69) is 33.9 Å². The molecule has 3 heterocycles. The van der Waals surface area contributed by atoms with Gasteiger partial charge in [-0.2, -0.15) is 0 Å². The molecule has 112 valence electrons. The number of morpholine rings is 1. The van der Waals surface area contributed by atoms with Crippen molar-refractivity contribution in [2.24, 2.45) is 0 Å². The Bertz CT molecular complexity index is 458. The molecule has 1 unspecified atom stereocenters. The van der Waals surface area contributed by atoms with Gasteiger partial charge in [0.15, 0.2) is 5.82 Å². The molecule has 1 fully saturated rings. The Morgan fingerprint density at radius 2 is 2.30 bits per heavy atom. The quantitative estimate of drug-likeness (QED) is 0.888. The predicted molar refractivity (Wildman–Crippen MR) is 74.4 cm³/mol. The van der Waals surface area contributed by atoms with Gasteiger partial charge in [0.2, 0.25) is 0 Å². The molecular weight excluding hydrogens is 256 g/mol. The van der Waals surface area contributed by atoms with E-state index >= 15 is 0 Å². The summed E-state index contributed by atoms with van der Waals surface area (Å²) in [5, 5.41) is 11.9. The molecule has 1 atom stereocenters. The molecule has 0 aromatic carbocycles. The van der Waals surface area contributed by atoms with E-state index < -0.39 is 0 Å². The molecule has 0 bridgehead atoms. The first kappa shape index (κ1) is 14.0. The molecule has 2 aliphatic rings. The molecular formula is C14H24N4O2. The van der Waals surface area contributed by atoms with Crippen LogP contribution in [0.3, 0.4) is 0 Å². The van der Waals surface area contributed by atoms with Crippen molar-refractivity contribution in [2.45, 2.75) is 58.0 Å². The number of nitrogens with zero attached hydrogens (tertiary/aromatic N) is 3. The van der Waals surface area contributed by atoms with Gasteiger partial charge in [0.25, 0.3) is 0 Å². The SMILES string of the molecule is CC1(C)CNCC(COCc2nnc3n2CCCC3)O1. The maximum atomic E-state index is 5.98. The second-order valence-electron chi connectivity index (χ2n) is 6.29. The van der Waals surface area contributed by atoms with Crippen LogP contribution in [-0.4, -0.2) is 46.2 Å². The lowest BCUT2D eigenvalue weighted by Crippen LogP contribution is -2.51. The normalized spacial score (nSPS) is 25.4. The van der Waals surface area contributed by atoms with Crippen molar-refractivity contribution >= 4 is 0 Å².